The van der Waals surface area contributed by atoms with Gasteiger partial charge >= 0.3 is 12.5 Å². The van der Waals surface area contributed by atoms with E-state index in [9.17, 15) is 32.3 Å². The number of allylic oxidation sites excluding steroid dienone is 2. The fourth-order valence-corrected chi connectivity index (χ4v) is 8.35. The topological polar surface area (TPSA) is 76.1 Å². The second-order valence-corrected chi connectivity index (χ2v) is 14.5. The maximum Gasteiger partial charge on any atom is 0.573 e. The van der Waals surface area contributed by atoms with Gasteiger partial charge < -0.3 is 14.6 Å². The zero-order valence-corrected chi connectivity index (χ0v) is 28.7. The van der Waals surface area contributed by atoms with E-state index in [4.69, 9.17) is 16.3 Å². The molecule has 0 aromatic heterocycles. The number of Topliss-reactive ketones (excluding diaryl/α,β-unsaturated/α-hetero) is 1. The van der Waals surface area contributed by atoms with Gasteiger partial charge in [-0.3, -0.25) is 9.69 Å². The van der Waals surface area contributed by atoms with E-state index in [0.29, 0.717) is 56.1 Å². The van der Waals surface area contributed by atoms with E-state index in [1.165, 1.54) is 36.4 Å². The number of aliphatic hydroxyl groups is 1. The van der Waals surface area contributed by atoms with E-state index in [1.807, 2.05) is 25.1 Å². The summed E-state index contributed by atoms with van der Waals surface area (Å²) >= 11 is 6.33. The molecular weight excluding hydrogens is 674 g/mol. The zero-order chi connectivity index (χ0) is 35.8. The lowest BCUT2D eigenvalue weighted by Crippen LogP contribution is -2.48. The van der Waals surface area contributed by atoms with Crippen molar-refractivity contribution >= 4 is 23.5 Å². The van der Waals surface area contributed by atoms with Gasteiger partial charge in [0, 0.05) is 34.5 Å². The lowest BCUT2D eigenvalue weighted by atomic mass is 9.64. The molecule has 1 saturated carbocycles. The Balaban J connectivity index is 1.35. The fraction of sp³-hybridized carbons (Fsp3) is 0.436. The van der Waals surface area contributed by atoms with Gasteiger partial charge in [-0.2, -0.15) is 0 Å². The summed E-state index contributed by atoms with van der Waals surface area (Å²) in [6, 6.07) is 15.4. The first-order valence-electron chi connectivity index (χ1n) is 16.9. The summed E-state index contributed by atoms with van der Waals surface area (Å²) in [5.41, 5.74) is 2.38. The third-order valence-electron chi connectivity index (χ3n) is 10.9. The Bertz CT molecular complexity index is 1770. The molecule has 1 N–H and O–H groups in total. The fourth-order valence-electron chi connectivity index (χ4n) is 8.12. The molecule has 1 aliphatic heterocycles. The van der Waals surface area contributed by atoms with E-state index in [-0.39, 0.29) is 47.5 Å². The van der Waals surface area contributed by atoms with Crippen LogP contribution in [-0.4, -0.2) is 46.5 Å². The maximum atomic E-state index is 14.9. The van der Waals surface area contributed by atoms with Crippen molar-refractivity contribution in [1.29, 1.82) is 0 Å². The molecule has 2 bridgehead atoms. The van der Waals surface area contributed by atoms with Crippen molar-refractivity contribution < 1.29 is 41.7 Å². The Hall–Kier alpha value is -3.89. The van der Waals surface area contributed by atoms with Crippen molar-refractivity contribution in [1.82, 2.24) is 4.90 Å². The summed E-state index contributed by atoms with van der Waals surface area (Å²) in [7, 11) is 0. The predicted octanol–water partition coefficient (Wildman–Crippen LogP) is 9.50. The van der Waals surface area contributed by atoms with Crippen LogP contribution in [0.4, 0.5) is 22.4 Å². The van der Waals surface area contributed by atoms with Gasteiger partial charge in [0.1, 0.15) is 17.2 Å². The Labute approximate surface area is 294 Å². The monoisotopic (exact) mass is 713 g/mol. The minimum Gasteiger partial charge on any atom is -0.440 e. The molecule has 1 spiro atoms. The number of fused-ring (bicyclic) bond motifs is 8. The van der Waals surface area contributed by atoms with Gasteiger partial charge in [-0.15, -0.1) is 13.2 Å². The summed E-state index contributed by atoms with van der Waals surface area (Å²) in [5.74, 6) is -1.41. The SMILES string of the molecule is CC1=CCCC2(C)C(CCC23CN(Cc2ccc(OC(F)(F)F)cc2)C(=O)O3)c2ccc(cc2C(=O)Cc2c(F)cccc2Cl)CC(O)CC1. The molecule has 0 radical (unpaired) electrons. The van der Waals surface area contributed by atoms with Crippen LogP contribution in [0.15, 0.2) is 72.3 Å². The Morgan fingerprint density at radius 2 is 1.86 bits per heavy atom. The molecule has 3 aliphatic carbocycles. The number of rotatable bonds is 6. The number of amides is 1. The summed E-state index contributed by atoms with van der Waals surface area (Å²) in [6.07, 6.45) is 0.0891. The highest BCUT2D eigenvalue weighted by Crippen LogP contribution is 2.62. The van der Waals surface area contributed by atoms with Crippen LogP contribution in [0.5, 0.6) is 5.75 Å². The molecule has 1 heterocycles. The summed E-state index contributed by atoms with van der Waals surface area (Å²) in [4.78, 5) is 29.2. The van der Waals surface area contributed by atoms with Crippen molar-refractivity contribution in [2.24, 2.45) is 5.41 Å². The first kappa shape index (κ1) is 35.9. The van der Waals surface area contributed by atoms with Gasteiger partial charge in [0.15, 0.2) is 5.78 Å². The minimum atomic E-state index is -4.81. The highest BCUT2D eigenvalue weighted by atomic mass is 35.5. The molecule has 2 fully saturated rings. The van der Waals surface area contributed by atoms with Crippen LogP contribution in [-0.2, 0) is 24.1 Å². The van der Waals surface area contributed by atoms with Gasteiger partial charge in [0.2, 0.25) is 0 Å². The van der Waals surface area contributed by atoms with E-state index >= 15 is 0 Å². The molecular formula is C39H40ClF4NO5. The van der Waals surface area contributed by atoms with Crippen molar-refractivity contribution in [2.45, 2.75) is 95.7 Å². The molecule has 3 aromatic carbocycles. The van der Waals surface area contributed by atoms with Gasteiger partial charge in [-0.1, -0.05) is 60.5 Å². The quantitative estimate of drug-likeness (QED) is 0.157. The first-order chi connectivity index (χ1) is 23.7. The zero-order valence-electron chi connectivity index (χ0n) is 28.0. The Kier molecular flexibility index (Phi) is 10.1. The summed E-state index contributed by atoms with van der Waals surface area (Å²) < 4.78 is 63.2. The number of nitrogens with zero attached hydrogens (tertiary/aromatic N) is 1. The average molecular weight is 714 g/mol. The van der Waals surface area contributed by atoms with Crippen LogP contribution < -0.4 is 4.74 Å². The number of aliphatic hydroxyl groups excluding tert-OH is 1. The van der Waals surface area contributed by atoms with E-state index in [2.05, 4.69) is 17.7 Å². The normalized spacial score (nSPS) is 25.6. The number of ketones is 1. The molecule has 266 valence electrons. The Morgan fingerprint density at radius 1 is 1.10 bits per heavy atom. The van der Waals surface area contributed by atoms with Crippen molar-refractivity contribution in [3.63, 3.8) is 0 Å². The second kappa shape index (κ2) is 14.0. The minimum absolute atomic E-state index is 0.120. The van der Waals surface area contributed by atoms with Crippen LogP contribution >= 0.6 is 11.6 Å². The maximum absolute atomic E-state index is 14.9. The summed E-state index contributed by atoms with van der Waals surface area (Å²) in [6.45, 7) is 4.56. The molecule has 6 nitrogen and oxygen atoms in total. The molecule has 3 aromatic rings. The third kappa shape index (κ3) is 7.42. The molecule has 11 heteroatoms. The largest absolute Gasteiger partial charge is 0.573 e. The van der Waals surface area contributed by atoms with Crippen LogP contribution in [0, 0.1) is 11.2 Å². The van der Waals surface area contributed by atoms with Gasteiger partial charge in [0.05, 0.1) is 12.6 Å². The number of carbonyl (C=O) groups excluding carboxylic acids is 2. The standard InChI is InChI=1S/C39H40ClF4NO5/c1-24-5-4-17-37(2)32(16-18-38(37)23-45(36(48)50-38)22-25-9-13-28(14-10-25)49-39(42,43)44)29-15-11-26(19-27(46)12-8-24)20-30(29)35(47)21-31-33(40)6-3-7-34(31)41/h3,5-7,9-11,13-15,20,27,32,46H,4,8,12,16-19,21-23H2,1-2H3. The number of alkyl halides is 3. The van der Waals surface area contributed by atoms with Crippen LogP contribution in [0.3, 0.4) is 0 Å². The molecule has 4 unspecified atom stereocenters. The number of halogens is 5. The number of benzene rings is 3. The number of hydrogen-bond acceptors (Lipinski definition) is 5. The van der Waals surface area contributed by atoms with Crippen molar-refractivity contribution in [3.05, 3.63) is 111 Å². The van der Waals surface area contributed by atoms with E-state index in [1.54, 1.807) is 11.0 Å². The van der Waals surface area contributed by atoms with E-state index < -0.39 is 35.4 Å². The molecule has 4 atom stereocenters. The van der Waals surface area contributed by atoms with Gasteiger partial charge in [-0.05, 0) is 105 Å². The van der Waals surface area contributed by atoms with Gasteiger partial charge in [0.25, 0.3) is 0 Å². The lowest BCUT2D eigenvalue weighted by Gasteiger charge is -2.43. The molecule has 1 saturated heterocycles. The molecule has 1 amide bonds. The van der Waals surface area contributed by atoms with Crippen molar-refractivity contribution in [2.75, 3.05) is 6.54 Å². The van der Waals surface area contributed by atoms with Crippen molar-refractivity contribution in [3.8, 4) is 5.75 Å². The molecule has 50 heavy (non-hydrogen) atoms. The van der Waals surface area contributed by atoms with Gasteiger partial charge in [-0.25, -0.2) is 9.18 Å². The molecule has 7 rings (SSSR count). The number of carbonyl (C=O) groups is 2. The number of ether oxygens (including phenoxy) is 2. The third-order valence-corrected chi connectivity index (χ3v) is 11.2. The smallest absolute Gasteiger partial charge is 0.440 e. The Morgan fingerprint density at radius 3 is 2.58 bits per heavy atom. The van der Waals surface area contributed by atoms with Crippen LogP contribution in [0.1, 0.15) is 90.9 Å². The highest BCUT2D eigenvalue weighted by molar-refractivity contribution is 6.31. The lowest BCUT2D eigenvalue weighted by molar-refractivity contribution is -0.274. The predicted molar refractivity (Wildman–Crippen MR) is 181 cm³/mol. The summed E-state index contributed by atoms with van der Waals surface area (Å²) in [5, 5.41) is 11.0. The highest BCUT2D eigenvalue weighted by Gasteiger charge is 2.64. The first-order valence-corrected chi connectivity index (χ1v) is 17.3. The number of hydrogen-bond donors (Lipinski definition) is 1. The average Bonchev–Trinajstić information content (AvgIpc) is 3.51. The van der Waals surface area contributed by atoms with Crippen LogP contribution in [0.2, 0.25) is 5.02 Å². The second-order valence-electron chi connectivity index (χ2n) is 14.1. The van der Waals surface area contributed by atoms with E-state index in [0.717, 1.165) is 16.7 Å². The van der Waals surface area contributed by atoms with Crippen LogP contribution in [0.25, 0.3) is 0 Å². The molecule has 4 aliphatic rings.